The highest BCUT2D eigenvalue weighted by molar-refractivity contribution is 5.83. The van der Waals surface area contributed by atoms with Gasteiger partial charge in [0, 0.05) is 17.6 Å². The van der Waals surface area contributed by atoms with Crippen LogP contribution >= 0.6 is 0 Å². The van der Waals surface area contributed by atoms with Gasteiger partial charge in [-0.15, -0.1) is 0 Å². The van der Waals surface area contributed by atoms with E-state index in [0.29, 0.717) is 12.8 Å². The molecule has 17 heavy (non-hydrogen) atoms. The number of hydrogen-bond donors (Lipinski definition) is 0. The average Bonchev–Trinajstić information content (AvgIpc) is 2.36. The van der Waals surface area contributed by atoms with Crippen LogP contribution < -0.4 is 0 Å². The zero-order chi connectivity index (χ0) is 13.5. The van der Waals surface area contributed by atoms with E-state index in [9.17, 15) is 9.59 Å². The molecule has 4 nitrogen and oxygen atoms in total. The van der Waals surface area contributed by atoms with Gasteiger partial charge in [-0.25, -0.2) is 9.59 Å². The highest BCUT2D eigenvalue weighted by atomic mass is 16.7. The molecule has 0 rings (SSSR count). The van der Waals surface area contributed by atoms with Gasteiger partial charge < -0.3 is 9.47 Å². The monoisotopic (exact) mass is 240 g/mol. The number of rotatable bonds is 7. The van der Waals surface area contributed by atoms with E-state index in [0.717, 1.165) is 12.2 Å². The van der Waals surface area contributed by atoms with Crippen LogP contribution in [0.5, 0.6) is 0 Å². The molecule has 4 heteroatoms. The van der Waals surface area contributed by atoms with Crippen molar-refractivity contribution in [2.45, 2.75) is 39.9 Å². The van der Waals surface area contributed by atoms with Crippen LogP contribution in [0.25, 0.3) is 0 Å². The normalized spacial score (nSPS) is 10.8. The van der Waals surface area contributed by atoms with Crippen LogP contribution in [-0.4, -0.2) is 18.2 Å². The summed E-state index contributed by atoms with van der Waals surface area (Å²) in [5.41, 5.74) is -0.419. The molecule has 0 atom stereocenters. The number of esters is 2. The minimum atomic E-state index is -0.923. The predicted octanol–water partition coefficient (Wildman–Crippen LogP) is 2.60. The van der Waals surface area contributed by atoms with E-state index in [1.165, 1.54) is 0 Å². The third-order valence-electron chi connectivity index (χ3n) is 2.96. The molecule has 0 aliphatic carbocycles. The van der Waals surface area contributed by atoms with Crippen molar-refractivity contribution in [3.05, 3.63) is 25.3 Å². The van der Waals surface area contributed by atoms with Crippen molar-refractivity contribution in [1.82, 2.24) is 0 Å². The molecule has 0 aromatic heterocycles. The molecular formula is C13H20O4. The van der Waals surface area contributed by atoms with Gasteiger partial charge in [0.15, 0.2) is 0 Å². The molecule has 0 bridgehead atoms. The second kappa shape index (κ2) is 6.89. The second-order valence-electron chi connectivity index (χ2n) is 3.98. The molecule has 0 fully saturated rings. The largest absolute Gasteiger partial charge is 0.421 e. The van der Waals surface area contributed by atoms with Crippen LogP contribution in [0.3, 0.4) is 0 Å². The van der Waals surface area contributed by atoms with Crippen molar-refractivity contribution in [1.29, 1.82) is 0 Å². The van der Waals surface area contributed by atoms with E-state index in [1.54, 1.807) is 0 Å². The lowest BCUT2D eigenvalue weighted by Crippen LogP contribution is -2.38. The Kier molecular flexibility index (Phi) is 6.25. The molecule has 0 amide bonds. The van der Waals surface area contributed by atoms with Crippen LogP contribution in [-0.2, 0) is 19.1 Å². The van der Waals surface area contributed by atoms with Crippen molar-refractivity contribution in [2.75, 3.05) is 0 Å². The van der Waals surface area contributed by atoms with Crippen LogP contribution in [0, 0.1) is 5.41 Å². The van der Waals surface area contributed by atoms with Crippen LogP contribution in [0.1, 0.15) is 33.6 Å². The molecule has 0 aliphatic rings. The molecule has 0 aromatic carbocycles. The first-order valence-corrected chi connectivity index (χ1v) is 5.59. The summed E-state index contributed by atoms with van der Waals surface area (Å²) in [6.07, 6.45) is 2.58. The zero-order valence-corrected chi connectivity index (χ0v) is 10.7. The lowest BCUT2D eigenvalue weighted by molar-refractivity contribution is -0.206. The molecule has 0 radical (unpaired) electrons. The number of ether oxygens (including phenoxy) is 2. The zero-order valence-electron chi connectivity index (χ0n) is 10.7. The summed E-state index contributed by atoms with van der Waals surface area (Å²) in [6.45, 7) is 12.4. The van der Waals surface area contributed by atoms with Crippen LogP contribution in [0.2, 0.25) is 0 Å². The summed E-state index contributed by atoms with van der Waals surface area (Å²) in [6, 6.07) is 0. The fourth-order valence-electron chi connectivity index (χ4n) is 1.20. The van der Waals surface area contributed by atoms with E-state index in [-0.39, 0.29) is 0 Å². The maximum Gasteiger partial charge on any atom is 0.333 e. The number of carbonyl (C=O) groups excluding carboxylic acids is 2. The summed E-state index contributed by atoms with van der Waals surface area (Å²) >= 11 is 0. The van der Waals surface area contributed by atoms with Crippen molar-refractivity contribution in [3.63, 3.8) is 0 Å². The molecule has 0 N–H and O–H groups in total. The Bertz CT molecular complexity index is 281. The van der Waals surface area contributed by atoms with Gasteiger partial charge >= 0.3 is 11.9 Å². The molecule has 0 saturated carbocycles. The maximum atomic E-state index is 11.2. The topological polar surface area (TPSA) is 52.6 Å². The Labute approximate surface area is 102 Å². The molecule has 96 valence electrons. The lowest BCUT2D eigenvalue weighted by Gasteiger charge is -2.33. The molecule has 0 aromatic rings. The van der Waals surface area contributed by atoms with Crippen LogP contribution in [0.4, 0.5) is 0 Å². The summed E-state index contributed by atoms with van der Waals surface area (Å²) in [5, 5.41) is 0. The van der Waals surface area contributed by atoms with Crippen molar-refractivity contribution < 1.29 is 19.1 Å². The van der Waals surface area contributed by atoms with Crippen LogP contribution in [0.15, 0.2) is 25.3 Å². The summed E-state index contributed by atoms with van der Waals surface area (Å²) in [4.78, 5) is 22.4. The Hall–Kier alpha value is -1.58. The van der Waals surface area contributed by atoms with E-state index < -0.39 is 23.6 Å². The minimum Gasteiger partial charge on any atom is -0.421 e. The van der Waals surface area contributed by atoms with Crippen molar-refractivity contribution in [3.8, 4) is 0 Å². The quantitative estimate of drug-likeness (QED) is 0.390. The number of hydrogen-bond acceptors (Lipinski definition) is 4. The Morgan fingerprint density at radius 1 is 1.12 bits per heavy atom. The van der Waals surface area contributed by atoms with Crippen molar-refractivity contribution >= 4 is 11.9 Å². The summed E-state index contributed by atoms with van der Waals surface area (Å²) in [5.74, 6) is -1.22. The van der Waals surface area contributed by atoms with Gasteiger partial charge in [-0.3, -0.25) is 0 Å². The van der Waals surface area contributed by atoms with Gasteiger partial charge in [0.1, 0.15) is 0 Å². The van der Waals surface area contributed by atoms with E-state index in [1.807, 2.05) is 20.8 Å². The van der Waals surface area contributed by atoms with E-state index >= 15 is 0 Å². The van der Waals surface area contributed by atoms with Gasteiger partial charge in [-0.1, -0.05) is 33.9 Å². The standard InChI is InChI=1S/C13H20O4/c1-6-10(14)16-12(17-11(15)7-2)13(5,8-3)9-4/h6-7,12H,1-2,8-9H2,3-5H3. The summed E-state index contributed by atoms with van der Waals surface area (Å²) in [7, 11) is 0. The fourth-order valence-corrected chi connectivity index (χ4v) is 1.20. The van der Waals surface area contributed by atoms with E-state index in [2.05, 4.69) is 13.2 Å². The molecule has 0 saturated heterocycles. The predicted molar refractivity (Wildman–Crippen MR) is 65.1 cm³/mol. The average molecular weight is 240 g/mol. The van der Waals surface area contributed by atoms with E-state index in [4.69, 9.17) is 9.47 Å². The maximum absolute atomic E-state index is 11.2. The van der Waals surface area contributed by atoms with Gasteiger partial charge in [-0.2, -0.15) is 0 Å². The Morgan fingerprint density at radius 3 is 1.71 bits per heavy atom. The molecule has 0 aliphatic heterocycles. The first-order chi connectivity index (χ1) is 7.93. The Morgan fingerprint density at radius 2 is 1.47 bits per heavy atom. The lowest BCUT2D eigenvalue weighted by atomic mass is 9.84. The molecule has 0 heterocycles. The first kappa shape index (κ1) is 15.4. The van der Waals surface area contributed by atoms with Gasteiger partial charge in [-0.05, 0) is 12.8 Å². The van der Waals surface area contributed by atoms with Gasteiger partial charge in [0.25, 0.3) is 6.29 Å². The fraction of sp³-hybridized carbons (Fsp3) is 0.538. The van der Waals surface area contributed by atoms with Gasteiger partial charge in [0.2, 0.25) is 0 Å². The molecule has 0 spiro atoms. The Balaban J connectivity index is 4.94. The number of carbonyl (C=O) groups is 2. The first-order valence-electron chi connectivity index (χ1n) is 5.59. The second-order valence-corrected chi connectivity index (χ2v) is 3.98. The molecule has 0 unspecified atom stereocenters. The summed E-state index contributed by atoms with van der Waals surface area (Å²) < 4.78 is 10.1. The third kappa shape index (κ3) is 4.43. The smallest absolute Gasteiger partial charge is 0.333 e. The highest BCUT2D eigenvalue weighted by Gasteiger charge is 2.36. The van der Waals surface area contributed by atoms with Gasteiger partial charge in [0.05, 0.1) is 0 Å². The third-order valence-corrected chi connectivity index (χ3v) is 2.96. The van der Waals surface area contributed by atoms with Crippen molar-refractivity contribution in [2.24, 2.45) is 5.41 Å². The molecular weight excluding hydrogens is 220 g/mol. The SMILES string of the molecule is C=CC(=O)OC(OC(=O)C=C)C(C)(CC)CC. The minimum absolute atomic E-state index is 0.419. The highest BCUT2D eigenvalue weighted by Crippen LogP contribution is 2.33.